The molecule has 9 nitrogen and oxygen atoms in total. The van der Waals surface area contributed by atoms with Crippen molar-refractivity contribution in [2.75, 3.05) is 19.0 Å². The summed E-state index contributed by atoms with van der Waals surface area (Å²) >= 11 is 0. The predicted octanol–water partition coefficient (Wildman–Crippen LogP) is 1.33. The van der Waals surface area contributed by atoms with Crippen LogP contribution in [0.15, 0.2) is 18.7 Å². The van der Waals surface area contributed by atoms with E-state index in [9.17, 15) is 10.1 Å². The molecule has 2 aromatic heterocycles. The first kappa shape index (κ1) is 14.9. The van der Waals surface area contributed by atoms with Crippen molar-refractivity contribution in [1.82, 2.24) is 19.5 Å². The molecule has 0 aliphatic rings. The number of ether oxygens (including phenoxy) is 1. The third kappa shape index (κ3) is 3.31. The van der Waals surface area contributed by atoms with Crippen LogP contribution >= 0.6 is 0 Å². The Labute approximate surface area is 121 Å². The molecule has 0 aliphatic carbocycles. The van der Waals surface area contributed by atoms with E-state index >= 15 is 0 Å². The standard InChI is InChI=1S/C12H16N6O3/c1-8(6-21-3)14-12-15-9(2)10(18(19)20)11(16-12)17-5-4-13-7-17/h4-5,7-8H,6H2,1-3H3,(H,14,15,16). The molecule has 2 rings (SSSR count). The summed E-state index contributed by atoms with van der Waals surface area (Å²) < 4.78 is 6.51. The second-order valence-corrected chi connectivity index (χ2v) is 4.53. The zero-order chi connectivity index (χ0) is 15.4. The first-order valence-electron chi connectivity index (χ1n) is 6.29. The normalized spacial score (nSPS) is 12.1. The van der Waals surface area contributed by atoms with Crippen LogP contribution in [0.25, 0.3) is 5.82 Å². The van der Waals surface area contributed by atoms with Crippen molar-refractivity contribution in [3.63, 3.8) is 0 Å². The van der Waals surface area contributed by atoms with Crippen LogP contribution < -0.4 is 5.32 Å². The van der Waals surface area contributed by atoms with Gasteiger partial charge in [0.1, 0.15) is 12.0 Å². The zero-order valence-electron chi connectivity index (χ0n) is 12.0. The smallest absolute Gasteiger partial charge is 0.333 e. The third-order valence-electron chi connectivity index (χ3n) is 2.76. The number of hydrogen-bond acceptors (Lipinski definition) is 7. The van der Waals surface area contributed by atoms with Gasteiger partial charge in [-0.05, 0) is 13.8 Å². The Morgan fingerprint density at radius 3 is 2.86 bits per heavy atom. The fraction of sp³-hybridized carbons (Fsp3) is 0.417. The molecule has 0 radical (unpaired) electrons. The van der Waals surface area contributed by atoms with E-state index < -0.39 is 4.92 Å². The van der Waals surface area contributed by atoms with Gasteiger partial charge < -0.3 is 10.1 Å². The van der Waals surface area contributed by atoms with Crippen molar-refractivity contribution in [3.8, 4) is 5.82 Å². The average Bonchev–Trinajstić information content (AvgIpc) is 2.91. The SMILES string of the molecule is COCC(C)Nc1nc(C)c([N+](=O)[O-])c(-n2ccnc2)n1. The van der Waals surface area contributed by atoms with Gasteiger partial charge in [0.15, 0.2) is 0 Å². The molecular weight excluding hydrogens is 276 g/mol. The van der Waals surface area contributed by atoms with E-state index in [4.69, 9.17) is 4.74 Å². The van der Waals surface area contributed by atoms with Gasteiger partial charge in [0.2, 0.25) is 11.8 Å². The third-order valence-corrected chi connectivity index (χ3v) is 2.76. The summed E-state index contributed by atoms with van der Waals surface area (Å²) in [7, 11) is 1.59. The number of hydrogen-bond donors (Lipinski definition) is 1. The molecule has 0 amide bonds. The number of methoxy groups -OCH3 is 1. The average molecular weight is 292 g/mol. The minimum atomic E-state index is -0.493. The van der Waals surface area contributed by atoms with Crippen molar-refractivity contribution in [2.45, 2.75) is 19.9 Å². The molecule has 1 unspecified atom stereocenters. The molecule has 2 heterocycles. The fourth-order valence-corrected chi connectivity index (χ4v) is 1.91. The van der Waals surface area contributed by atoms with Crippen LogP contribution in [0.4, 0.5) is 11.6 Å². The quantitative estimate of drug-likeness (QED) is 0.631. The van der Waals surface area contributed by atoms with Gasteiger partial charge in [-0.1, -0.05) is 0 Å². The first-order valence-corrected chi connectivity index (χ1v) is 6.29. The molecule has 1 atom stereocenters. The van der Waals surface area contributed by atoms with E-state index in [-0.39, 0.29) is 23.2 Å². The second-order valence-electron chi connectivity index (χ2n) is 4.53. The summed E-state index contributed by atoms with van der Waals surface area (Å²) in [5, 5.41) is 14.3. The van der Waals surface area contributed by atoms with E-state index in [2.05, 4.69) is 20.3 Å². The Kier molecular flexibility index (Phi) is 4.43. The molecule has 2 aromatic rings. The molecule has 0 saturated carbocycles. The van der Waals surface area contributed by atoms with Gasteiger partial charge in [0.05, 0.1) is 11.5 Å². The van der Waals surface area contributed by atoms with Crippen LogP contribution in [-0.4, -0.2) is 44.2 Å². The first-order chi connectivity index (χ1) is 10.0. The lowest BCUT2D eigenvalue weighted by atomic mass is 10.3. The monoisotopic (exact) mass is 292 g/mol. The Bertz CT molecular complexity index is 628. The van der Waals surface area contributed by atoms with Gasteiger partial charge in [0.25, 0.3) is 0 Å². The zero-order valence-corrected chi connectivity index (χ0v) is 12.0. The summed E-state index contributed by atoms with van der Waals surface area (Å²) in [6.07, 6.45) is 4.58. The lowest BCUT2D eigenvalue weighted by molar-refractivity contribution is -0.385. The maximum absolute atomic E-state index is 11.2. The highest BCUT2D eigenvalue weighted by Crippen LogP contribution is 2.25. The fourth-order valence-electron chi connectivity index (χ4n) is 1.91. The minimum absolute atomic E-state index is 0.0218. The molecule has 0 aliphatic heterocycles. The summed E-state index contributed by atoms with van der Waals surface area (Å²) in [6.45, 7) is 3.95. The Morgan fingerprint density at radius 1 is 1.52 bits per heavy atom. The number of nitrogens with zero attached hydrogens (tertiary/aromatic N) is 5. The largest absolute Gasteiger partial charge is 0.383 e. The van der Waals surface area contributed by atoms with Crippen molar-refractivity contribution >= 4 is 11.6 Å². The van der Waals surface area contributed by atoms with Crippen LogP contribution in [0.3, 0.4) is 0 Å². The van der Waals surface area contributed by atoms with Crippen LogP contribution in [0.5, 0.6) is 0 Å². The van der Waals surface area contributed by atoms with E-state index in [0.29, 0.717) is 12.6 Å². The van der Waals surface area contributed by atoms with Gasteiger partial charge in [-0.15, -0.1) is 0 Å². The summed E-state index contributed by atoms with van der Waals surface area (Å²) in [5.41, 5.74) is 0.142. The number of imidazole rings is 1. The van der Waals surface area contributed by atoms with Crippen LogP contribution in [0.2, 0.25) is 0 Å². The molecule has 0 saturated heterocycles. The topological polar surface area (TPSA) is 108 Å². The van der Waals surface area contributed by atoms with Crippen LogP contribution in [0.1, 0.15) is 12.6 Å². The molecule has 0 spiro atoms. The highest BCUT2D eigenvalue weighted by atomic mass is 16.6. The van der Waals surface area contributed by atoms with Crippen LogP contribution in [-0.2, 0) is 4.74 Å². The molecule has 21 heavy (non-hydrogen) atoms. The highest BCUT2D eigenvalue weighted by molar-refractivity contribution is 5.53. The maximum atomic E-state index is 11.2. The lowest BCUT2D eigenvalue weighted by Gasteiger charge is -2.14. The lowest BCUT2D eigenvalue weighted by Crippen LogP contribution is -2.23. The number of aryl methyl sites for hydroxylation is 1. The summed E-state index contributed by atoms with van der Waals surface area (Å²) in [6, 6.07) is -0.0218. The number of aromatic nitrogens is 4. The van der Waals surface area contributed by atoms with Gasteiger partial charge in [-0.3, -0.25) is 14.7 Å². The molecule has 9 heteroatoms. The Hall–Kier alpha value is -2.55. The van der Waals surface area contributed by atoms with Gasteiger partial charge in [-0.2, -0.15) is 4.98 Å². The Balaban J connectivity index is 2.45. The number of rotatable bonds is 6. The number of nitrogens with one attached hydrogen (secondary N) is 1. The molecule has 0 fully saturated rings. The van der Waals surface area contributed by atoms with E-state index in [0.717, 1.165) is 0 Å². The summed E-state index contributed by atoms with van der Waals surface area (Å²) in [5.74, 6) is 0.489. The molecule has 112 valence electrons. The van der Waals surface area contributed by atoms with Crippen molar-refractivity contribution in [1.29, 1.82) is 0 Å². The van der Waals surface area contributed by atoms with Gasteiger partial charge in [0, 0.05) is 25.5 Å². The Morgan fingerprint density at radius 2 is 2.29 bits per heavy atom. The molecule has 0 aromatic carbocycles. The molecule has 1 N–H and O–H groups in total. The van der Waals surface area contributed by atoms with Crippen LogP contribution in [0, 0.1) is 17.0 Å². The molecular formula is C12H16N6O3. The number of nitro groups is 1. The van der Waals surface area contributed by atoms with E-state index in [1.54, 1.807) is 20.2 Å². The van der Waals surface area contributed by atoms with Gasteiger partial charge >= 0.3 is 5.69 Å². The van der Waals surface area contributed by atoms with Crippen molar-refractivity contribution in [2.24, 2.45) is 0 Å². The minimum Gasteiger partial charge on any atom is -0.383 e. The summed E-state index contributed by atoms with van der Waals surface area (Å²) in [4.78, 5) is 23.0. The van der Waals surface area contributed by atoms with Crippen molar-refractivity contribution in [3.05, 3.63) is 34.5 Å². The van der Waals surface area contributed by atoms with Gasteiger partial charge in [-0.25, -0.2) is 9.97 Å². The predicted molar refractivity (Wildman–Crippen MR) is 75.5 cm³/mol. The maximum Gasteiger partial charge on any atom is 0.333 e. The number of anilines is 1. The highest BCUT2D eigenvalue weighted by Gasteiger charge is 2.23. The van der Waals surface area contributed by atoms with E-state index in [1.807, 2.05) is 6.92 Å². The van der Waals surface area contributed by atoms with E-state index in [1.165, 1.54) is 17.1 Å². The molecule has 0 bridgehead atoms. The van der Waals surface area contributed by atoms with Crippen molar-refractivity contribution < 1.29 is 9.66 Å². The second kappa shape index (κ2) is 6.27.